The molecule has 0 bridgehead atoms. The molecule has 0 spiro atoms. The fourth-order valence-electron chi connectivity index (χ4n) is 3.66. The number of piperazine rings is 1. The van der Waals surface area contributed by atoms with Gasteiger partial charge in [-0.15, -0.1) is 24.0 Å². The van der Waals surface area contributed by atoms with Crippen molar-refractivity contribution in [3.63, 3.8) is 0 Å². The van der Waals surface area contributed by atoms with E-state index in [4.69, 9.17) is 4.74 Å². The highest BCUT2D eigenvalue weighted by Crippen LogP contribution is 2.16. The van der Waals surface area contributed by atoms with E-state index >= 15 is 0 Å². The summed E-state index contributed by atoms with van der Waals surface area (Å²) in [4.78, 5) is 32.8. The molecule has 2 amide bonds. The second kappa shape index (κ2) is 12.1. The van der Waals surface area contributed by atoms with Crippen LogP contribution in [0.15, 0.2) is 29.3 Å². The fraction of sp³-hybridized carbons (Fsp3) is 0.571. The summed E-state index contributed by atoms with van der Waals surface area (Å²) in [6.45, 7) is 6.68. The lowest BCUT2D eigenvalue weighted by molar-refractivity contribution is -0.142. The second-order valence-electron chi connectivity index (χ2n) is 7.27. The van der Waals surface area contributed by atoms with Gasteiger partial charge >= 0.3 is 0 Å². The summed E-state index contributed by atoms with van der Waals surface area (Å²) >= 11 is 0. The summed E-state index contributed by atoms with van der Waals surface area (Å²) in [7, 11) is 1.77. The second-order valence-corrected chi connectivity index (χ2v) is 7.27. The Morgan fingerprint density at radius 1 is 1.10 bits per heavy atom. The monoisotopic (exact) mass is 529 g/mol. The summed E-state index contributed by atoms with van der Waals surface area (Å²) < 4.78 is 5.52. The Bertz CT molecular complexity index is 727. The van der Waals surface area contributed by atoms with Crippen molar-refractivity contribution in [1.29, 1.82) is 0 Å². The Balaban J connectivity index is 0.00000320. The summed E-state index contributed by atoms with van der Waals surface area (Å²) in [6.07, 6.45) is 1.56. The van der Waals surface area contributed by atoms with E-state index in [1.807, 2.05) is 36.1 Å². The van der Waals surface area contributed by atoms with Crippen molar-refractivity contribution in [2.75, 3.05) is 46.4 Å². The highest BCUT2D eigenvalue weighted by atomic mass is 127. The first-order valence-corrected chi connectivity index (χ1v) is 10.4. The van der Waals surface area contributed by atoms with E-state index in [1.165, 1.54) is 0 Å². The van der Waals surface area contributed by atoms with Crippen LogP contribution in [0.4, 0.5) is 0 Å². The minimum Gasteiger partial charge on any atom is -0.368 e. The maximum atomic E-state index is 12.5. The van der Waals surface area contributed by atoms with E-state index in [0.29, 0.717) is 38.3 Å². The van der Waals surface area contributed by atoms with Crippen molar-refractivity contribution >= 4 is 41.8 Å². The third-order valence-corrected chi connectivity index (χ3v) is 5.31. The molecule has 0 aliphatic carbocycles. The van der Waals surface area contributed by atoms with E-state index in [9.17, 15) is 9.59 Å². The number of carbonyl (C=O) groups excluding carboxylic acids is 2. The van der Waals surface area contributed by atoms with Crippen molar-refractivity contribution in [2.45, 2.75) is 32.4 Å². The molecule has 0 saturated carbocycles. The molecule has 2 aliphatic rings. The number of hydrogen-bond acceptors (Lipinski definition) is 4. The van der Waals surface area contributed by atoms with Crippen molar-refractivity contribution in [3.05, 3.63) is 35.4 Å². The number of carbonyl (C=O) groups is 2. The van der Waals surface area contributed by atoms with Gasteiger partial charge in [-0.1, -0.05) is 12.1 Å². The van der Waals surface area contributed by atoms with Crippen molar-refractivity contribution in [2.24, 2.45) is 4.99 Å². The molecule has 2 aliphatic heterocycles. The molecule has 0 aromatic heterocycles. The summed E-state index contributed by atoms with van der Waals surface area (Å²) in [5, 5.41) is 6.17. The topological polar surface area (TPSA) is 86.3 Å². The first kappa shape index (κ1) is 24.4. The number of guanidine groups is 1. The van der Waals surface area contributed by atoms with Crippen molar-refractivity contribution < 1.29 is 14.3 Å². The van der Waals surface area contributed by atoms with Crippen LogP contribution in [0.25, 0.3) is 0 Å². The molecule has 0 radical (unpaired) electrons. The highest BCUT2D eigenvalue weighted by Gasteiger charge is 2.30. The molecule has 2 saturated heterocycles. The van der Waals surface area contributed by atoms with E-state index < -0.39 is 0 Å². The van der Waals surface area contributed by atoms with Gasteiger partial charge in [0.05, 0.1) is 0 Å². The van der Waals surface area contributed by atoms with Gasteiger partial charge in [0, 0.05) is 58.5 Å². The largest absolute Gasteiger partial charge is 0.368 e. The average Bonchev–Trinajstić information content (AvgIpc) is 3.30. The van der Waals surface area contributed by atoms with Crippen molar-refractivity contribution in [1.82, 2.24) is 20.4 Å². The fourth-order valence-corrected chi connectivity index (χ4v) is 3.66. The van der Waals surface area contributed by atoms with Crippen LogP contribution < -0.4 is 10.6 Å². The van der Waals surface area contributed by atoms with Crippen LogP contribution in [-0.2, 0) is 16.1 Å². The standard InChI is InChI=1S/C21H31N5O3.HI/c1-3-23-19(27)17-8-6-16(7-9-17)15-24-21(22-2)26-12-10-25(11-13-26)20(28)18-5-4-14-29-18;/h6-9,18H,3-5,10-15H2,1-2H3,(H,22,24)(H,23,27);1H. The van der Waals surface area contributed by atoms with Crippen LogP contribution in [0.2, 0.25) is 0 Å². The number of nitrogens with zero attached hydrogens (tertiary/aromatic N) is 3. The predicted molar refractivity (Wildman–Crippen MR) is 127 cm³/mol. The van der Waals surface area contributed by atoms with E-state index in [-0.39, 0.29) is 41.9 Å². The van der Waals surface area contributed by atoms with E-state index in [1.54, 1.807) is 7.05 Å². The van der Waals surface area contributed by atoms with Gasteiger partial charge in [-0.05, 0) is 37.5 Å². The molecule has 2 heterocycles. The summed E-state index contributed by atoms with van der Waals surface area (Å²) in [5.74, 6) is 0.887. The van der Waals surface area contributed by atoms with E-state index in [2.05, 4.69) is 20.5 Å². The van der Waals surface area contributed by atoms with Gasteiger partial charge in [-0.25, -0.2) is 0 Å². The van der Waals surface area contributed by atoms with Crippen LogP contribution in [0.5, 0.6) is 0 Å². The van der Waals surface area contributed by atoms with Gasteiger partial charge in [0.25, 0.3) is 11.8 Å². The first-order chi connectivity index (χ1) is 14.1. The normalized spacial score (nSPS) is 19.3. The number of benzene rings is 1. The molecule has 2 fully saturated rings. The molecule has 1 aromatic rings. The Hall–Kier alpha value is -1.88. The molecule has 166 valence electrons. The Morgan fingerprint density at radius 3 is 2.33 bits per heavy atom. The Labute approximate surface area is 195 Å². The SMILES string of the molecule is CCNC(=O)c1ccc(CNC(=NC)N2CCN(C(=O)C3CCCO3)CC2)cc1.I. The van der Waals surface area contributed by atoms with Gasteiger partial charge in [0.15, 0.2) is 5.96 Å². The number of aliphatic imine (C=N–C) groups is 1. The van der Waals surface area contributed by atoms with E-state index in [0.717, 1.165) is 37.5 Å². The van der Waals surface area contributed by atoms with Crippen LogP contribution in [0.3, 0.4) is 0 Å². The third kappa shape index (κ3) is 6.31. The molecule has 30 heavy (non-hydrogen) atoms. The lowest BCUT2D eigenvalue weighted by Gasteiger charge is -2.37. The molecule has 9 heteroatoms. The quantitative estimate of drug-likeness (QED) is 0.343. The number of hydrogen-bond donors (Lipinski definition) is 2. The molecule has 2 N–H and O–H groups in total. The minimum absolute atomic E-state index is 0. The molecule has 8 nitrogen and oxygen atoms in total. The summed E-state index contributed by atoms with van der Waals surface area (Å²) in [6, 6.07) is 7.56. The zero-order chi connectivity index (χ0) is 20.6. The molecule has 1 unspecified atom stereocenters. The number of rotatable bonds is 5. The van der Waals surface area contributed by atoms with Gasteiger partial charge < -0.3 is 25.2 Å². The van der Waals surface area contributed by atoms with Crippen LogP contribution in [0, 0.1) is 0 Å². The molecular formula is C21H32IN5O3. The smallest absolute Gasteiger partial charge is 0.251 e. The molecule has 1 atom stereocenters. The van der Waals surface area contributed by atoms with Gasteiger partial charge in [-0.3, -0.25) is 14.6 Å². The summed E-state index contributed by atoms with van der Waals surface area (Å²) in [5.41, 5.74) is 1.73. The Morgan fingerprint density at radius 2 is 1.77 bits per heavy atom. The number of halogens is 1. The van der Waals surface area contributed by atoms with Crippen LogP contribution in [-0.4, -0.2) is 80.1 Å². The lowest BCUT2D eigenvalue weighted by Crippen LogP contribution is -2.55. The molecule has 1 aromatic carbocycles. The van der Waals surface area contributed by atoms with Crippen LogP contribution >= 0.6 is 24.0 Å². The van der Waals surface area contributed by atoms with Gasteiger partial charge in [0.1, 0.15) is 6.10 Å². The van der Waals surface area contributed by atoms with Crippen molar-refractivity contribution in [3.8, 4) is 0 Å². The number of nitrogens with one attached hydrogen (secondary N) is 2. The molecular weight excluding hydrogens is 497 g/mol. The first-order valence-electron chi connectivity index (χ1n) is 10.4. The maximum Gasteiger partial charge on any atom is 0.251 e. The highest BCUT2D eigenvalue weighted by molar-refractivity contribution is 14.0. The number of ether oxygens (including phenoxy) is 1. The Kier molecular flexibility index (Phi) is 9.83. The van der Waals surface area contributed by atoms with Gasteiger partial charge in [0.2, 0.25) is 0 Å². The predicted octanol–water partition coefficient (Wildman–Crippen LogP) is 1.45. The maximum absolute atomic E-state index is 12.5. The minimum atomic E-state index is -0.249. The average molecular weight is 529 g/mol. The molecule has 3 rings (SSSR count). The van der Waals surface area contributed by atoms with Crippen LogP contribution in [0.1, 0.15) is 35.7 Å². The lowest BCUT2D eigenvalue weighted by atomic mass is 10.1. The third-order valence-electron chi connectivity index (χ3n) is 5.31. The zero-order valence-electron chi connectivity index (χ0n) is 17.7. The zero-order valence-corrected chi connectivity index (χ0v) is 20.1. The number of amides is 2. The van der Waals surface area contributed by atoms with Gasteiger partial charge in [-0.2, -0.15) is 0 Å².